The second-order valence-corrected chi connectivity index (χ2v) is 5.37. The van der Waals surface area contributed by atoms with Crippen LogP contribution in [0.5, 0.6) is 5.88 Å². The largest absolute Gasteiger partial charge is 0.478 e. The molecule has 1 aliphatic heterocycles. The Bertz CT molecular complexity index is 367. The Morgan fingerprint density at radius 1 is 1.53 bits per heavy atom. The molecule has 0 spiro atoms. The van der Waals surface area contributed by atoms with E-state index in [0.717, 1.165) is 17.9 Å². The number of aromatic nitrogens is 2. The van der Waals surface area contributed by atoms with E-state index in [1.54, 1.807) is 0 Å². The molecule has 1 atom stereocenters. The molecule has 4 nitrogen and oxygen atoms in total. The van der Waals surface area contributed by atoms with Crippen molar-refractivity contribution >= 4 is 17.7 Å². The summed E-state index contributed by atoms with van der Waals surface area (Å²) in [4.78, 5) is 8.77. The predicted octanol–water partition coefficient (Wildman–Crippen LogP) is 2.49. The summed E-state index contributed by atoms with van der Waals surface area (Å²) in [6, 6.07) is 2.38. The van der Waals surface area contributed by atoms with Gasteiger partial charge in [-0.15, -0.1) is 0 Å². The second-order valence-electron chi connectivity index (χ2n) is 4.22. The summed E-state index contributed by atoms with van der Waals surface area (Å²) in [5.74, 6) is 3.74. The molecule has 0 aromatic carbocycles. The number of rotatable bonds is 5. The number of nitrogens with zero attached hydrogens (tertiary/aromatic N) is 2. The fourth-order valence-electron chi connectivity index (χ4n) is 1.72. The highest BCUT2D eigenvalue weighted by atomic mass is 32.2. The number of hydrogen-bond acceptors (Lipinski definition) is 5. The van der Waals surface area contributed by atoms with Crippen LogP contribution in [0.4, 0.5) is 5.95 Å². The molecule has 0 bridgehead atoms. The van der Waals surface area contributed by atoms with Crippen LogP contribution in [0.2, 0.25) is 0 Å². The molecule has 2 rings (SSSR count). The van der Waals surface area contributed by atoms with Gasteiger partial charge in [-0.2, -0.15) is 16.7 Å². The molecule has 1 aliphatic rings. The Labute approximate surface area is 107 Å². The van der Waals surface area contributed by atoms with Crippen molar-refractivity contribution in [1.82, 2.24) is 9.97 Å². The van der Waals surface area contributed by atoms with E-state index in [2.05, 4.69) is 22.2 Å². The molecule has 0 amide bonds. The summed E-state index contributed by atoms with van der Waals surface area (Å²) in [5.41, 5.74) is 0.944. The summed E-state index contributed by atoms with van der Waals surface area (Å²) in [6.07, 6.45) is 2.18. The summed E-state index contributed by atoms with van der Waals surface area (Å²) in [7, 11) is 0. The zero-order chi connectivity index (χ0) is 12.1. The van der Waals surface area contributed by atoms with E-state index in [-0.39, 0.29) is 0 Å². The molecule has 94 valence electrons. The minimum atomic E-state index is 0.501. The Morgan fingerprint density at radius 2 is 2.41 bits per heavy atom. The van der Waals surface area contributed by atoms with Crippen molar-refractivity contribution in [3.05, 3.63) is 11.8 Å². The zero-order valence-electron chi connectivity index (χ0n) is 10.4. The van der Waals surface area contributed by atoms with Crippen molar-refractivity contribution in [2.45, 2.75) is 32.7 Å². The summed E-state index contributed by atoms with van der Waals surface area (Å²) >= 11 is 1.97. The molecular formula is C12H19N3OS. The molecule has 1 aromatic heterocycles. The first-order chi connectivity index (χ1) is 8.28. The quantitative estimate of drug-likeness (QED) is 0.873. The molecule has 0 saturated carbocycles. The number of thioether (sulfide) groups is 1. The van der Waals surface area contributed by atoms with Gasteiger partial charge in [0.1, 0.15) is 0 Å². The van der Waals surface area contributed by atoms with Gasteiger partial charge in [-0.05, 0) is 25.5 Å². The van der Waals surface area contributed by atoms with E-state index in [1.165, 1.54) is 12.2 Å². The van der Waals surface area contributed by atoms with Crippen molar-refractivity contribution in [3.63, 3.8) is 0 Å². The summed E-state index contributed by atoms with van der Waals surface area (Å²) < 4.78 is 5.54. The zero-order valence-corrected chi connectivity index (χ0v) is 11.2. The molecule has 2 heterocycles. The summed E-state index contributed by atoms with van der Waals surface area (Å²) in [5, 5.41) is 3.38. The maximum atomic E-state index is 5.54. The molecule has 5 heteroatoms. The molecule has 1 fully saturated rings. The van der Waals surface area contributed by atoms with Crippen LogP contribution in [0, 0.1) is 6.92 Å². The SMILES string of the molecule is CCCOc1cc(C)nc(NC2CCSC2)n1. The standard InChI is InChI=1S/C12H19N3OS/c1-3-5-16-11-7-9(2)13-12(15-11)14-10-4-6-17-8-10/h7,10H,3-6,8H2,1-2H3,(H,13,14,15). The average molecular weight is 253 g/mol. The smallest absolute Gasteiger partial charge is 0.226 e. The number of hydrogen-bond donors (Lipinski definition) is 1. The van der Waals surface area contributed by atoms with Crippen LogP contribution in [-0.4, -0.2) is 34.1 Å². The van der Waals surface area contributed by atoms with Gasteiger partial charge in [0.15, 0.2) is 0 Å². The highest BCUT2D eigenvalue weighted by Crippen LogP contribution is 2.21. The monoisotopic (exact) mass is 253 g/mol. The van der Waals surface area contributed by atoms with Crippen molar-refractivity contribution in [2.75, 3.05) is 23.4 Å². The molecule has 1 saturated heterocycles. The topological polar surface area (TPSA) is 47.0 Å². The number of nitrogens with one attached hydrogen (secondary N) is 1. The van der Waals surface area contributed by atoms with Gasteiger partial charge >= 0.3 is 0 Å². The lowest BCUT2D eigenvalue weighted by atomic mass is 10.3. The normalized spacial score (nSPS) is 19.3. The minimum absolute atomic E-state index is 0.501. The van der Waals surface area contributed by atoms with E-state index < -0.39 is 0 Å². The van der Waals surface area contributed by atoms with Gasteiger partial charge < -0.3 is 10.1 Å². The lowest BCUT2D eigenvalue weighted by Crippen LogP contribution is -2.20. The van der Waals surface area contributed by atoms with Gasteiger partial charge in [0, 0.05) is 23.6 Å². The van der Waals surface area contributed by atoms with Crippen LogP contribution in [0.3, 0.4) is 0 Å². The molecule has 0 aliphatic carbocycles. The van der Waals surface area contributed by atoms with E-state index in [1.807, 2.05) is 24.8 Å². The first kappa shape index (κ1) is 12.5. The third-order valence-electron chi connectivity index (χ3n) is 2.55. The van der Waals surface area contributed by atoms with Gasteiger partial charge in [0.05, 0.1) is 6.61 Å². The maximum Gasteiger partial charge on any atom is 0.226 e. The first-order valence-electron chi connectivity index (χ1n) is 6.10. The number of aryl methyl sites for hydroxylation is 1. The van der Waals surface area contributed by atoms with Gasteiger partial charge in [-0.1, -0.05) is 6.92 Å². The molecular weight excluding hydrogens is 234 g/mol. The fourth-order valence-corrected chi connectivity index (χ4v) is 2.87. The van der Waals surface area contributed by atoms with Gasteiger partial charge in [-0.25, -0.2) is 4.98 Å². The molecule has 1 N–H and O–H groups in total. The van der Waals surface area contributed by atoms with E-state index >= 15 is 0 Å². The number of ether oxygens (including phenoxy) is 1. The van der Waals surface area contributed by atoms with Gasteiger partial charge in [0.2, 0.25) is 11.8 Å². The van der Waals surface area contributed by atoms with Crippen molar-refractivity contribution in [1.29, 1.82) is 0 Å². The Kier molecular flexibility index (Phi) is 4.48. The lowest BCUT2D eigenvalue weighted by molar-refractivity contribution is 0.305. The molecule has 0 radical (unpaired) electrons. The van der Waals surface area contributed by atoms with E-state index in [9.17, 15) is 0 Å². The average Bonchev–Trinajstić information content (AvgIpc) is 2.78. The highest BCUT2D eigenvalue weighted by Gasteiger charge is 2.16. The van der Waals surface area contributed by atoms with Crippen LogP contribution in [0.1, 0.15) is 25.5 Å². The van der Waals surface area contributed by atoms with Crippen LogP contribution in [0.25, 0.3) is 0 Å². The Morgan fingerprint density at radius 3 is 3.12 bits per heavy atom. The van der Waals surface area contributed by atoms with Gasteiger partial charge in [-0.3, -0.25) is 0 Å². The first-order valence-corrected chi connectivity index (χ1v) is 7.26. The molecule has 17 heavy (non-hydrogen) atoms. The van der Waals surface area contributed by atoms with Crippen LogP contribution >= 0.6 is 11.8 Å². The van der Waals surface area contributed by atoms with E-state index in [4.69, 9.17) is 4.74 Å². The molecule has 1 unspecified atom stereocenters. The Balaban J connectivity index is 2.02. The minimum Gasteiger partial charge on any atom is -0.478 e. The summed E-state index contributed by atoms with van der Waals surface area (Å²) in [6.45, 7) is 4.76. The van der Waals surface area contributed by atoms with Crippen LogP contribution < -0.4 is 10.1 Å². The van der Waals surface area contributed by atoms with Crippen molar-refractivity contribution in [3.8, 4) is 5.88 Å². The highest BCUT2D eigenvalue weighted by molar-refractivity contribution is 7.99. The predicted molar refractivity (Wildman–Crippen MR) is 71.9 cm³/mol. The van der Waals surface area contributed by atoms with Gasteiger partial charge in [0.25, 0.3) is 0 Å². The van der Waals surface area contributed by atoms with Crippen LogP contribution in [0.15, 0.2) is 6.07 Å². The fraction of sp³-hybridized carbons (Fsp3) is 0.667. The number of anilines is 1. The Hall–Kier alpha value is -0.970. The van der Waals surface area contributed by atoms with Crippen molar-refractivity contribution in [2.24, 2.45) is 0 Å². The maximum absolute atomic E-state index is 5.54. The van der Waals surface area contributed by atoms with Crippen molar-refractivity contribution < 1.29 is 4.74 Å². The van der Waals surface area contributed by atoms with E-state index in [0.29, 0.717) is 24.5 Å². The van der Waals surface area contributed by atoms with Crippen LogP contribution in [-0.2, 0) is 0 Å². The second kappa shape index (κ2) is 6.10. The molecule has 1 aromatic rings. The lowest BCUT2D eigenvalue weighted by Gasteiger charge is -2.12. The third-order valence-corrected chi connectivity index (χ3v) is 3.71. The third kappa shape index (κ3) is 3.77.